The Hall–Kier alpha value is -1.10. The SMILES string of the molecule is CC(=O)N[C@@H](C(=O)O)[C@H](C)O. The first-order valence-electron chi connectivity index (χ1n) is 3.13. The summed E-state index contributed by atoms with van der Waals surface area (Å²) in [5.41, 5.74) is 0. The summed E-state index contributed by atoms with van der Waals surface area (Å²) in [5.74, 6) is -1.71. The normalized spacial score (nSPS) is 15.2. The second-order valence-electron chi connectivity index (χ2n) is 2.26. The monoisotopic (exact) mass is 161 g/mol. The summed E-state index contributed by atoms with van der Waals surface area (Å²) in [5, 5.41) is 19.3. The molecule has 0 radical (unpaired) electrons. The molecule has 11 heavy (non-hydrogen) atoms. The van der Waals surface area contributed by atoms with Gasteiger partial charge in [0.1, 0.15) is 0 Å². The molecule has 2 atom stereocenters. The molecule has 0 bridgehead atoms. The van der Waals surface area contributed by atoms with Crippen molar-refractivity contribution in [3.05, 3.63) is 0 Å². The van der Waals surface area contributed by atoms with Crippen molar-refractivity contribution >= 4 is 11.9 Å². The van der Waals surface area contributed by atoms with Crippen LogP contribution in [-0.2, 0) is 9.59 Å². The second-order valence-corrected chi connectivity index (χ2v) is 2.26. The molecule has 0 heterocycles. The molecular weight excluding hydrogens is 150 g/mol. The molecule has 5 nitrogen and oxygen atoms in total. The summed E-state index contributed by atoms with van der Waals surface area (Å²) < 4.78 is 0. The number of hydrogen-bond acceptors (Lipinski definition) is 3. The maximum atomic E-state index is 10.4. The summed E-state index contributed by atoms with van der Waals surface area (Å²) in [6.07, 6.45) is -1.09. The van der Waals surface area contributed by atoms with Crippen LogP contribution in [0.15, 0.2) is 0 Å². The number of rotatable bonds is 3. The summed E-state index contributed by atoms with van der Waals surface area (Å²) in [6, 6.07) is -1.22. The van der Waals surface area contributed by atoms with Gasteiger partial charge >= 0.3 is 5.97 Å². The van der Waals surface area contributed by atoms with Gasteiger partial charge in [0.25, 0.3) is 0 Å². The zero-order valence-corrected chi connectivity index (χ0v) is 6.37. The molecule has 0 aliphatic heterocycles. The number of carbonyl (C=O) groups is 2. The third-order valence-electron chi connectivity index (χ3n) is 1.11. The van der Waals surface area contributed by atoms with Crippen molar-refractivity contribution in [1.82, 2.24) is 5.32 Å². The number of amides is 1. The van der Waals surface area contributed by atoms with E-state index in [4.69, 9.17) is 10.2 Å². The van der Waals surface area contributed by atoms with Gasteiger partial charge < -0.3 is 15.5 Å². The van der Waals surface area contributed by atoms with Crippen molar-refractivity contribution < 1.29 is 19.8 Å². The fraction of sp³-hybridized carbons (Fsp3) is 0.667. The van der Waals surface area contributed by atoms with E-state index in [-0.39, 0.29) is 0 Å². The van der Waals surface area contributed by atoms with E-state index in [0.717, 1.165) is 0 Å². The first-order valence-corrected chi connectivity index (χ1v) is 3.13. The van der Waals surface area contributed by atoms with E-state index < -0.39 is 24.0 Å². The number of carboxylic acid groups (broad SMARTS) is 1. The maximum absolute atomic E-state index is 10.4. The van der Waals surface area contributed by atoms with Crippen molar-refractivity contribution in [1.29, 1.82) is 0 Å². The quantitative estimate of drug-likeness (QED) is 0.493. The third kappa shape index (κ3) is 3.57. The molecule has 64 valence electrons. The van der Waals surface area contributed by atoms with Gasteiger partial charge in [0.2, 0.25) is 5.91 Å². The fourth-order valence-corrected chi connectivity index (χ4v) is 0.608. The zero-order chi connectivity index (χ0) is 9.02. The molecule has 0 aliphatic rings. The van der Waals surface area contributed by atoms with Crippen molar-refractivity contribution in [3.63, 3.8) is 0 Å². The molecular formula is C6H11NO4. The lowest BCUT2D eigenvalue weighted by Gasteiger charge is -2.15. The van der Waals surface area contributed by atoms with Crippen molar-refractivity contribution in [2.75, 3.05) is 0 Å². The summed E-state index contributed by atoms with van der Waals surface area (Å²) >= 11 is 0. The fourth-order valence-electron chi connectivity index (χ4n) is 0.608. The van der Waals surface area contributed by atoms with Crippen LogP contribution in [0.1, 0.15) is 13.8 Å². The van der Waals surface area contributed by atoms with Crippen LogP contribution in [0.25, 0.3) is 0 Å². The van der Waals surface area contributed by atoms with Gasteiger partial charge in [-0.2, -0.15) is 0 Å². The molecule has 0 aromatic carbocycles. The van der Waals surface area contributed by atoms with Crippen molar-refractivity contribution in [2.45, 2.75) is 26.0 Å². The molecule has 3 N–H and O–H groups in total. The van der Waals surface area contributed by atoms with E-state index in [9.17, 15) is 9.59 Å². The molecule has 0 unspecified atom stereocenters. The average Bonchev–Trinajstić information content (AvgIpc) is 1.81. The highest BCUT2D eigenvalue weighted by Crippen LogP contribution is 1.91. The van der Waals surface area contributed by atoms with Crippen LogP contribution in [0.4, 0.5) is 0 Å². The Morgan fingerprint density at radius 3 is 2.00 bits per heavy atom. The summed E-state index contributed by atoms with van der Waals surface area (Å²) in [6.45, 7) is 2.49. The van der Waals surface area contributed by atoms with Crippen LogP contribution in [0.5, 0.6) is 0 Å². The lowest BCUT2D eigenvalue weighted by atomic mass is 10.2. The number of aliphatic carboxylic acids is 1. The molecule has 0 aliphatic carbocycles. The molecule has 5 heteroatoms. The lowest BCUT2D eigenvalue weighted by molar-refractivity contribution is -0.144. The molecule has 0 saturated carbocycles. The second kappa shape index (κ2) is 3.92. The highest BCUT2D eigenvalue weighted by atomic mass is 16.4. The minimum atomic E-state index is -1.24. The number of nitrogens with one attached hydrogen (secondary N) is 1. The Balaban J connectivity index is 4.12. The van der Waals surface area contributed by atoms with Gasteiger partial charge in [0.15, 0.2) is 6.04 Å². The Morgan fingerprint density at radius 1 is 1.45 bits per heavy atom. The summed E-state index contributed by atoms with van der Waals surface area (Å²) in [4.78, 5) is 20.7. The minimum Gasteiger partial charge on any atom is -0.480 e. The number of carbonyl (C=O) groups excluding carboxylic acids is 1. The molecule has 0 rings (SSSR count). The minimum absolute atomic E-state index is 0.474. The van der Waals surface area contributed by atoms with Crippen LogP contribution in [0.3, 0.4) is 0 Å². The standard InChI is InChI=1S/C6H11NO4/c1-3(8)5(6(10)11)7-4(2)9/h3,5,8H,1-2H3,(H,7,9)(H,10,11)/t3-,5+/m0/s1. The van der Waals surface area contributed by atoms with Gasteiger partial charge in [-0.3, -0.25) is 4.79 Å². The molecule has 0 aromatic heterocycles. The number of hydrogen-bond donors (Lipinski definition) is 3. The van der Waals surface area contributed by atoms with Crippen LogP contribution >= 0.6 is 0 Å². The van der Waals surface area contributed by atoms with Gasteiger partial charge in [0, 0.05) is 6.92 Å². The van der Waals surface area contributed by atoms with E-state index in [0.29, 0.717) is 0 Å². The Labute approximate surface area is 64.0 Å². The number of carboxylic acids is 1. The van der Waals surface area contributed by atoms with Gasteiger partial charge in [-0.1, -0.05) is 0 Å². The highest BCUT2D eigenvalue weighted by molar-refractivity contribution is 5.82. The van der Waals surface area contributed by atoms with E-state index in [1.807, 2.05) is 0 Å². The van der Waals surface area contributed by atoms with E-state index in [2.05, 4.69) is 5.32 Å². The lowest BCUT2D eigenvalue weighted by Crippen LogP contribution is -2.46. The molecule has 1 amide bonds. The highest BCUT2D eigenvalue weighted by Gasteiger charge is 2.23. The van der Waals surface area contributed by atoms with Gasteiger partial charge in [-0.15, -0.1) is 0 Å². The van der Waals surface area contributed by atoms with Crippen LogP contribution in [0, 0.1) is 0 Å². The van der Waals surface area contributed by atoms with Gasteiger partial charge in [0.05, 0.1) is 6.10 Å². The van der Waals surface area contributed by atoms with Crippen LogP contribution < -0.4 is 5.32 Å². The topological polar surface area (TPSA) is 86.6 Å². The molecule has 0 aromatic rings. The third-order valence-corrected chi connectivity index (χ3v) is 1.11. The van der Waals surface area contributed by atoms with Crippen molar-refractivity contribution in [2.24, 2.45) is 0 Å². The van der Waals surface area contributed by atoms with E-state index >= 15 is 0 Å². The van der Waals surface area contributed by atoms with E-state index in [1.54, 1.807) is 0 Å². The Kier molecular flexibility index (Phi) is 3.53. The molecule has 0 spiro atoms. The predicted octanol–water partition coefficient (Wildman–Crippen LogP) is -1.04. The average molecular weight is 161 g/mol. The first-order chi connectivity index (χ1) is 4.95. The van der Waals surface area contributed by atoms with Crippen LogP contribution in [0.2, 0.25) is 0 Å². The van der Waals surface area contributed by atoms with E-state index in [1.165, 1.54) is 13.8 Å². The maximum Gasteiger partial charge on any atom is 0.328 e. The smallest absolute Gasteiger partial charge is 0.328 e. The Morgan fingerprint density at radius 2 is 1.91 bits per heavy atom. The number of aliphatic hydroxyl groups excluding tert-OH is 1. The zero-order valence-electron chi connectivity index (χ0n) is 6.37. The predicted molar refractivity (Wildman–Crippen MR) is 36.9 cm³/mol. The van der Waals surface area contributed by atoms with Gasteiger partial charge in [-0.25, -0.2) is 4.79 Å². The Bertz CT molecular complexity index is 166. The summed E-state index contributed by atoms with van der Waals surface area (Å²) in [7, 11) is 0. The first kappa shape index (κ1) is 9.90. The molecule has 0 saturated heterocycles. The van der Waals surface area contributed by atoms with Crippen LogP contribution in [-0.4, -0.2) is 34.2 Å². The van der Waals surface area contributed by atoms with Crippen molar-refractivity contribution in [3.8, 4) is 0 Å². The number of aliphatic hydroxyl groups is 1. The largest absolute Gasteiger partial charge is 0.480 e. The molecule has 0 fully saturated rings. The van der Waals surface area contributed by atoms with Gasteiger partial charge in [-0.05, 0) is 6.92 Å².